The predicted molar refractivity (Wildman–Crippen MR) is 95.6 cm³/mol. The maximum atomic E-state index is 12.4. The molecule has 0 aliphatic heterocycles. The van der Waals surface area contributed by atoms with E-state index in [-0.39, 0.29) is 11.9 Å². The van der Waals surface area contributed by atoms with Crippen LogP contribution in [0, 0.1) is 13.8 Å². The van der Waals surface area contributed by atoms with Gasteiger partial charge in [-0.15, -0.1) is 0 Å². The van der Waals surface area contributed by atoms with Crippen LogP contribution in [0.15, 0.2) is 42.5 Å². The Morgan fingerprint density at radius 2 is 1.71 bits per heavy atom. The van der Waals surface area contributed by atoms with Gasteiger partial charge in [0.2, 0.25) is 0 Å². The van der Waals surface area contributed by atoms with Crippen LogP contribution in [-0.4, -0.2) is 19.1 Å². The molecule has 2 aromatic carbocycles. The molecule has 2 rings (SSSR count). The first-order valence-electron chi connectivity index (χ1n) is 8.09. The highest BCUT2D eigenvalue weighted by atomic mass is 16.5. The number of carbonyl (C=O) groups is 1. The van der Waals surface area contributed by atoms with Crippen molar-refractivity contribution in [3.63, 3.8) is 0 Å². The summed E-state index contributed by atoms with van der Waals surface area (Å²) in [5, 5.41) is 3.01. The number of amides is 1. The number of nitrogens with one attached hydrogen (secondary N) is 1. The molecule has 4 nitrogen and oxygen atoms in total. The molecule has 1 N–H and O–H groups in total. The van der Waals surface area contributed by atoms with Crippen molar-refractivity contribution in [1.29, 1.82) is 0 Å². The van der Waals surface area contributed by atoms with Gasteiger partial charge in [-0.2, -0.15) is 0 Å². The lowest BCUT2D eigenvalue weighted by atomic mass is 10.0. The highest BCUT2D eigenvalue weighted by Gasteiger charge is 2.19. The first-order valence-corrected chi connectivity index (χ1v) is 8.09. The van der Waals surface area contributed by atoms with Crippen molar-refractivity contribution in [1.82, 2.24) is 5.32 Å². The molecule has 2 atom stereocenters. The van der Waals surface area contributed by atoms with Gasteiger partial charge in [-0.25, -0.2) is 0 Å². The molecule has 128 valence electrons. The summed E-state index contributed by atoms with van der Waals surface area (Å²) >= 11 is 0. The van der Waals surface area contributed by atoms with E-state index < -0.39 is 6.10 Å². The van der Waals surface area contributed by atoms with Gasteiger partial charge in [0.15, 0.2) is 17.6 Å². The van der Waals surface area contributed by atoms with E-state index in [9.17, 15) is 4.79 Å². The SMILES string of the molecule is COc1ccccc1O[C@H](C)C(=O)N[C@H](C)c1ccc(C)cc1C. The summed E-state index contributed by atoms with van der Waals surface area (Å²) in [6, 6.07) is 13.4. The van der Waals surface area contributed by atoms with Gasteiger partial charge in [0, 0.05) is 0 Å². The van der Waals surface area contributed by atoms with Crippen molar-refractivity contribution in [2.45, 2.75) is 39.8 Å². The molecule has 0 aromatic heterocycles. The van der Waals surface area contributed by atoms with E-state index in [0.717, 1.165) is 5.56 Å². The number of rotatable bonds is 6. The average Bonchev–Trinajstić information content (AvgIpc) is 2.55. The Morgan fingerprint density at radius 3 is 2.33 bits per heavy atom. The fourth-order valence-electron chi connectivity index (χ4n) is 2.68. The van der Waals surface area contributed by atoms with Crippen LogP contribution in [0.3, 0.4) is 0 Å². The summed E-state index contributed by atoms with van der Waals surface area (Å²) in [5.74, 6) is 1.01. The van der Waals surface area contributed by atoms with Gasteiger partial charge in [0.25, 0.3) is 5.91 Å². The summed E-state index contributed by atoms with van der Waals surface area (Å²) in [5.41, 5.74) is 3.49. The second-order valence-electron chi connectivity index (χ2n) is 6.00. The van der Waals surface area contributed by atoms with Crippen LogP contribution in [-0.2, 0) is 4.79 Å². The number of benzene rings is 2. The molecule has 0 bridgehead atoms. The Labute approximate surface area is 143 Å². The normalized spacial score (nSPS) is 13.0. The minimum atomic E-state index is -0.616. The lowest BCUT2D eigenvalue weighted by Crippen LogP contribution is -2.38. The van der Waals surface area contributed by atoms with Crippen LogP contribution in [0.25, 0.3) is 0 Å². The lowest BCUT2D eigenvalue weighted by Gasteiger charge is -2.21. The largest absolute Gasteiger partial charge is 0.493 e. The summed E-state index contributed by atoms with van der Waals surface area (Å²) in [6.45, 7) is 7.82. The van der Waals surface area contributed by atoms with Crippen molar-refractivity contribution < 1.29 is 14.3 Å². The Kier molecular flexibility index (Phi) is 5.85. The number of aryl methyl sites for hydroxylation is 2. The molecule has 4 heteroatoms. The molecule has 0 aliphatic rings. The summed E-state index contributed by atoms with van der Waals surface area (Å²) in [7, 11) is 1.58. The molecule has 0 fully saturated rings. The highest BCUT2D eigenvalue weighted by molar-refractivity contribution is 5.81. The van der Waals surface area contributed by atoms with Crippen molar-refractivity contribution in [2.75, 3.05) is 7.11 Å². The van der Waals surface area contributed by atoms with E-state index in [1.54, 1.807) is 26.2 Å². The number of hydrogen-bond acceptors (Lipinski definition) is 3. The standard InChI is InChI=1S/C20H25NO3/c1-13-10-11-17(14(2)12-13)15(3)21-20(22)16(4)24-19-9-7-6-8-18(19)23-5/h6-12,15-16H,1-5H3,(H,21,22)/t15-,16-/m1/s1. The van der Waals surface area contributed by atoms with Gasteiger partial charge < -0.3 is 14.8 Å². The van der Waals surface area contributed by atoms with E-state index in [1.807, 2.05) is 19.1 Å². The number of carbonyl (C=O) groups excluding carboxylic acids is 1. The topological polar surface area (TPSA) is 47.6 Å². The van der Waals surface area contributed by atoms with E-state index in [1.165, 1.54) is 11.1 Å². The smallest absolute Gasteiger partial charge is 0.261 e. The average molecular weight is 327 g/mol. The molecule has 0 unspecified atom stereocenters. The summed E-state index contributed by atoms with van der Waals surface area (Å²) in [6.07, 6.45) is -0.616. The summed E-state index contributed by atoms with van der Waals surface area (Å²) in [4.78, 5) is 12.4. The van der Waals surface area contributed by atoms with Crippen LogP contribution in [0.5, 0.6) is 11.5 Å². The van der Waals surface area contributed by atoms with Gasteiger partial charge in [0.1, 0.15) is 0 Å². The molecule has 24 heavy (non-hydrogen) atoms. The third-order valence-electron chi connectivity index (χ3n) is 3.99. The molecule has 0 heterocycles. The highest BCUT2D eigenvalue weighted by Crippen LogP contribution is 2.27. The lowest BCUT2D eigenvalue weighted by molar-refractivity contribution is -0.127. The van der Waals surface area contributed by atoms with E-state index in [0.29, 0.717) is 11.5 Å². The van der Waals surface area contributed by atoms with Crippen molar-refractivity contribution in [3.05, 3.63) is 59.2 Å². The van der Waals surface area contributed by atoms with Gasteiger partial charge in [-0.3, -0.25) is 4.79 Å². The quantitative estimate of drug-likeness (QED) is 0.874. The molecular formula is C20H25NO3. The molecular weight excluding hydrogens is 302 g/mol. The van der Waals surface area contributed by atoms with E-state index in [2.05, 4.69) is 37.4 Å². The second kappa shape index (κ2) is 7.86. The van der Waals surface area contributed by atoms with Gasteiger partial charge in [-0.1, -0.05) is 35.9 Å². The Balaban J connectivity index is 2.03. The molecule has 1 amide bonds. The van der Waals surface area contributed by atoms with Crippen LogP contribution < -0.4 is 14.8 Å². The minimum Gasteiger partial charge on any atom is -0.493 e. The van der Waals surface area contributed by atoms with Crippen LogP contribution in [0.2, 0.25) is 0 Å². The van der Waals surface area contributed by atoms with Gasteiger partial charge >= 0.3 is 0 Å². The Morgan fingerprint density at radius 1 is 1.04 bits per heavy atom. The zero-order valence-corrected chi connectivity index (χ0v) is 14.9. The number of ether oxygens (including phenoxy) is 2. The van der Waals surface area contributed by atoms with Crippen LogP contribution >= 0.6 is 0 Å². The maximum absolute atomic E-state index is 12.4. The summed E-state index contributed by atoms with van der Waals surface area (Å²) < 4.78 is 11.0. The Bertz CT molecular complexity index is 712. The maximum Gasteiger partial charge on any atom is 0.261 e. The molecule has 0 spiro atoms. The van der Waals surface area contributed by atoms with E-state index in [4.69, 9.17) is 9.47 Å². The third-order valence-corrected chi connectivity index (χ3v) is 3.99. The molecule has 0 aliphatic carbocycles. The van der Waals surface area contributed by atoms with Crippen molar-refractivity contribution in [2.24, 2.45) is 0 Å². The van der Waals surface area contributed by atoms with E-state index >= 15 is 0 Å². The Hall–Kier alpha value is -2.49. The van der Waals surface area contributed by atoms with Crippen molar-refractivity contribution >= 4 is 5.91 Å². The van der Waals surface area contributed by atoms with Gasteiger partial charge in [-0.05, 0) is 51.0 Å². The van der Waals surface area contributed by atoms with Crippen LogP contribution in [0.4, 0.5) is 0 Å². The predicted octanol–water partition coefficient (Wildman–Crippen LogP) is 3.96. The molecule has 0 saturated heterocycles. The van der Waals surface area contributed by atoms with Crippen molar-refractivity contribution in [3.8, 4) is 11.5 Å². The number of para-hydroxylation sites is 2. The van der Waals surface area contributed by atoms with Gasteiger partial charge in [0.05, 0.1) is 13.2 Å². The number of methoxy groups -OCH3 is 1. The minimum absolute atomic E-state index is 0.0816. The third kappa shape index (κ3) is 4.28. The fourth-order valence-corrected chi connectivity index (χ4v) is 2.68. The molecule has 2 aromatic rings. The first kappa shape index (κ1) is 17.9. The zero-order chi connectivity index (χ0) is 17.7. The molecule has 0 radical (unpaired) electrons. The zero-order valence-electron chi connectivity index (χ0n) is 14.9. The molecule has 0 saturated carbocycles. The van der Waals surface area contributed by atoms with Crippen LogP contribution in [0.1, 0.15) is 36.6 Å². The monoisotopic (exact) mass is 327 g/mol. The fraction of sp³-hybridized carbons (Fsp3) is 0.350. The second-order valence-corrected chi connectivity index (χ2v) is 6.00. The number of hydrogen-bond donors (Lipinski definition) is 1. The first-order chi connectivity index (χ1) is 11.4.